The zero-order valence-electron chi connectivity index (χ0n) is 10.7. The van der Waals surface area contributed by atoms with Crippen molar-refractivity contribution >= 4 is 61.4 Å². The van der Waals surface area contributed by atoms with Crippen LogP contribution in [0.2, 0.25) is 10.2 Å². The monoisotopic (exact) mass is 386 g/mol. The summed E-state index contributed by atoms with van der Waals surface area (Å²) in [6.07, 6.45) is 0. The number of thiophene rings is 1. The van der Waals surface area contributed by atoms with Gasteiger partial charge >= 0.3 is 0 Å². The molecular formula is C14H9BrCl2N2S. The van der Waals surface area contributed by atoms with Gasteiger partial charge in [-0.1, -0.05) is 39.1 Å². The maximum atomic E-state index is 6.30. The molecule has 0 bridgehead atoms. The Labute approximate surface area is 138 Å². The van der Waals surface area contributed by atoms with Gasteiger partial charge in [0.15, 0.2) is 5.82 Å². The third kappa shape index (κ3) is 2.25. The number of nitrogens with zero attached hydrogens (tertiary/aromatic N) is 2. The highest BCUT2D eigenvalue weighted by molar-refractivity contribution is 9.10. The average Bonchev–Trinajstić information content (AvgIpc) is 2.75. The van der Waals surface area contributed by atoms with E-state index in [4.69, 9.17) is 23.2 Å². The van der Waals surface area contributed by atoms with Crippen molar-refractivity contribution < 1.29 is 0 Å². The van der Waals surface area contributed by atoms with E-state index < -0.39 is 0 Å². The standard InChI is InChI=1S/C14H9BrCl2N2S/c1-6-5-20-12(10(6)16)14-18-11-7(2)9(15)4-3-8(11)13(17)19-14/h3-5H,1-2H3. The molecule has 3 aromatic rings. The third-order valence-electron chi connectivity index (χ3n) is 3.11. The SMILES string of the molecule is Cc1csc(-c2nc(Cl)c3ccc(Br)c(C)c3n2)c1Cl. The molecule has 20 heavy (non-hydrogen) atoms. The summed E-state index contributed by atoms with van der Waals surface area (Å²) in [5.41, 5.74) is 2.91. The molecule has 0 atom stereocenters. The van der Waals surface area contributed by atoms with Gasteiger partial charge in [0.2, 0.25) is 0 Å². The Hall–Kier alpha value is -0.680. The lowest BCUT2D eigenvalue weighted by atomic mass is 10.1. The number of aryl methyl sites for hydroxylation is 2. The van der Waals surface area contributed by atoms with E-state index in [0.29, 0.717) is 16.0 Å². The van der Waals surface area contributed by atoms with Crippen molar-refractivity contribution in [2.75, 3.05) is 0 Å². The maximum Gasteiger partial charge on any atom is 0.173 e. The van der Waals surface area contributed by atoms with Crippen molar-refractivity contribution in [2.45, 2.75) is 13.8 Å². The molecule has 0 aliphatic heterocycles. The average molecular weight is 388 g/mol. The molecule has 2 heterocycles. The van der Waals surface area contributed by atoms with Crippen LogP contribution >= 0.6 is 50.5 Å². The molecule has 1 aromatic carbocycles. The van der Waals surface area contributed by atoms with Crippen LogP contribution in [0.5, 0.6) is 0 Å². The van der Waals surface area contributed by atoms with Crippen molar-refractivity contribution in [3.63, 3.8) is 0 Å². The van der Waals surface area contributed by atoms with E-state index in [1.54, 1.807) is 0 Å². The quantitative estimate of drug-likeness (QED) is 0.475. The molecule has 0 amide bonds. The highest BCUT2D eigenvalue weighted by Crippen LogP contribution is 2.37. The summed E-state index contributed by atoms with van der Waals surface area (Å²) >= 11 is 17.6. The molecule has 6 heteroatoms. The summed E-state index contributed by atoms with van der Waals surface area (Å²) < 4.78 is 0.999. The zero-order valence-corrected chi connectivity index (χ0v) is 14.6. The Bertz CT molecular complexity index is 830. The molecule has 0 unspecified atom stereocenters. The van der Waals surface area contributed by atoms with Gasteiger partial charge in [0, 0.05) is 9.86 Å². The van der Waals surface area contributed by atoms with E-state index in [9.17, 15) is 0 Å². The zero-order chi connectivity index (χ0) is 14.4. The number of fused-ring (bicyclic) bond motifs is 1. The second-order valence-electron chi connectivity index (χ2n) is 4.47. The predicted octanol–water partition coefficient (Wildman–Crippen LogP) is 6.04. The van der Waals surface area contributed by atoms with Crippen LogP contribution in [-0.4, -0.2) is 9.97 Å². The van der Waals surface area contributed by atoms with Gasteiger partial charge in [0.1, 0.15) is 5.15 Å². The largest absolute Gasteiger partial charge is 0.227 e. The molecule has 0 N–H and O–H groups in total. The fourth-order valence-corrected chi connectivity index (χ4v) is 3.72. The van der Waals surface area contributed by atoms with Gasteiger partial charge in [-0.05, 0) is 42.5 Å². The van der Waals surface area contributed by atoms with Gasteiger partial charge in [-0.2, -0.15) is 0 Å². The number of hydrogen-bond acceptors (Lipinski definition) is 3. The fraction of sp³-hybridized carbons (Fsp3) is 0.143. The Kier molecular flexibility index (Phi) is 3.75. The molecule has 102 valence electrons. The summed E-state index contributed by atoms with van der Waals surface area (Å²) in [5.74, 6) is 0.576. The lowest BCUT2D eigenvalue weighted by molar-refractivity contribution is 1.22. The highest BCUT2D eigenvalue weighted by atomic mass is 79.9. The molecule has 0 fully saturated rings. The molecule has 3 rings (SSSR count). The van der Waals surface area contributed by atoms with Gasteiger partial charge in [-0.25, -0.2) is 9.97 Å². The Morgan fingerprint density at radius 3 is 2.55 bits per heavy atom. The molecule has 2 aromatic heterocycles. The number of rotatable bonds is 1. The minimum absolute atomic E-state index is 0.447. The summed E-state index contributed by atoms with van der Waals surface area (Å²) in [6, 6.07) is 3.87. The van der Waals surface area contributed by atoms with Crippen LogP contribution in [0.4, 0.5) is 0 Å². The van der Waals surface area contributed by atoms with Crippen LogP contribution in [0, 0.1) is 13.8 Å². The lowest BCUT2D eigenvalue weighted by Gasteiger charge is -2.07. The summed E-state index contributed by atoms with van der Waals surface area (Å²) in [4.78, 5) is 9.88. The first-order chi connectivity index (χ1) is 9.49. The van der Waals surface area contributed by atoms with E-state index in [2.05, 4.69) is 25.9 Å². The topological polar surface area (TPSA) is 25.8 Å². The van der Waals surface area contributed by atoms with E-state index in [1.807, 2.05) is 31.4 Å². The molecule has 0 radical (unpaired) electrons. The van der Waals surface area contributed by atoms with Crippen molar-refractivity contribution in [2.24, 2.45) is 0 Å². The second-order valence-corrected chi connectivity index (χ2v) is 6.94. The normalized spacial score (nSPS) is 11.2. The Morgan fingerprint density at radius 2 is 1.90 bits per heavy atom. The van der Waals surface area contributed by atoms with Gasteiger partial charge in [-0.15, -0.1) is 11.3 Å². The van der Waals surface area contributed by atoms with Crippen molar-refractivity contribution in [1.29, 1.82) is 0 Å². The third-order valence-corrected chi connectivity index (χ3v) is 5.95. The molecule has 0 saturated heterocycles. The number of benzene rings is 1. The fourth-order valence-electron chi connectivity index (χ4n) is 1.95. The smallest absolute Gasteiger partial charge is 0.173 e. The Balaban J connectivity index is 2.34. The minimum Gasteiger partial charge on any atom is -0.227 e. The molecular weight excluding hydrogens is 379 g/mol. The summed E-state index contributed by atoms with van der Waals surface area (Å²) in [6.45, 7) is 3.97. The molecule has 0 aliphatic carbocycles. The van der Waals surface area contributed by atoms with Crippen LogP contribution in [0.15, 0.2) is 22.0 Å². The van der Waals surface area contributed by atoms with E-state index in [1.165, 1.54) is 11.3 Å². The summed E-state index contributed by atoms with van der Waals surface area (Å²) in [7, 11) is 0. The highest BCUT2D eigenvalue weighted by Gasteiger charge is 2.15. The Morgan fingerprint density at radius 1 is 1.15 bits per heavy atom. The van der Waals surface area contributed by atoms with Crippen molar-refractivity contribution in [3.05, 3.63) is 43.3 Å². The number of hydrogen-bond donors (Lipinski definition) is 0. The number of aromatic nitrogens is 2. The lowest BCUT2D eigenvalue weighted by Crippen LogP contribution is -1.93. The first-order valence-electron chi connectivity index (χ1n) is 5.85. The number of halogens is 3. The van der Waals surface area contributed by atoms with Gasteiger partial charge in [0.25, 0.3) is 0 Å². The van der Waals surface area contributed by atoms with Crippen LogP contribution in [-0.2, 0) is 0 Å². The first-order valence-corrected chi connectivity index (χ1v) is 8.28. The molecule has 2 nitrogen and oxygen atoms in total. The molecule has 0 spiro atoms. The van der Waals surface area contributed by atoms with Gasteiger partial charge in [0.05, 0.1) is 15.4 Å². The van der Waals surface area contributed by atoms with E-state index >= 15 is 0 Å². The van der Waals surface area contributed by atoms with Crippen LogP contribution in [0.25, 0.3) is 21.6 Å². The van der Waals surface area contributed by atoms with Gasteiger partial charge in [-0.3, -0.25) is 0 Å². The van der Waals surface area contributed by atoms with Crippen LogP contribution < -0.4 is 0 Å². The maximum absolute atomic E-state index is 6.30. The second kappa shape index (κ2) is 5.26. The predicted molar refractivity (Wildman–Crippen MR) is 90.0 cm³/mol. The minimum atomic E-state index is 0.447. The van der Waals surface area contributed by atoms with Crippen molar-refractivity contribution in [1.82, 2.24) is 9.97 Å². The molecule has 0 saturated carbocycles. The van der Waals surface area contributed by atoms with E-state index in [-0.39, 0.29) is 0 Å². The first kappa shape index (κ1) is 14.3. The van der Waals surface area contributed by atoms with Crippen LogP contribution in [0.3, 0.4) is 0 Å². The van der Waals surface area contributed by atoms with Crippen LogP contribution in [0.1, 0.15) is 11.1 Å². The molecule has 0 aliphatic rings. The van der Waals surface area contributed by atoms with Gasteiger partial charge < -0.3 is 0 Å². The van der Waals surface area contributed by atoms with Crippen molar-refractivity contribution in [3.8, 4) is 10.7 Å². The van der Waals surface area contributed by atoms with E-state index in [0.717, 1.165) is 31.4 Å². The summed E-state index contributed by atoms with van der Waals surface area (Å²) in [5, 5.41) is 3.98.